The Hall–Kier alpha value is -1.81. The van der Waals surface area contributed by atoms with Gasteiger partial charge >= 0.3 is 0 Å². The first-order valence-corrected chi connectivity index (χ1v) is 6.92. The summed E-state index contributed by atoms with van der Waals surface area (Å²) in [6.45, 7) is 1.95. The minimum Gasteiger partial charge on any atom is -0.312 e. The van der Waals surface area contributed by atoms with E-state index < -0.39 is 0 Å². The summed E-state index contributed by atoms with van der Waals surface area (Å²) in [5.74, 6) is 1.53. The molecule has 1 fully saturated rings. The number of aromatic nitrogens is 3. The van der Waals surface area contributed by atoms with Crippen molar-refractivity contribution in [2.45, 2.75) is 31.7 Å². The smallest absolute Gasteiger partial charge is 0.159 e. The average molecular weight is 252 g/mol. The summed E-state index contributed by atoms with van der Waals surface area (Å²) in [5.41, 5.74) is 4.94. The summed E-state index contributed by atoms with van der Waals surface area (Å²) < 4.78 is 0. The van der Waals surface area contributed by atoms with Crippen molar-refractivity contribution in [3.05, 3.63) is 41.5 Å². The molecule has 96 valence electrons. The quantitative estimate of drug-likeness (QED) is 0.889. The second-order valence-electron chi connectivity index (χ2n) is 5.29. The molecule has 1 aliphatic heterocycles. The van der Waals surface area contributed by atoms with Crippen LogP contribution in [0.25, 0.3) is 11.4 Å². The zero-order valence-corrected chi connectivity index (χ0v) is 10.8. The maximum absolute atomic E-state index is 4.84. The molecule has 3 heterocycles. The van der Waals surface area contributed by atoms with Crippen LogP contribution in [-0.2, 0) is 13.0 Å². The fourth-order valence-electron chi connectivity index (χ4n) is 2.69. The topological polar surface area (TPSA) is 50.7 Å². The van der Waals surface area contributed by atoms with Crippen LogP contribution in [0.2, 0.25) is 0 Å². The van der Waals surface area contributed by atoms with Crippen LogP contribution in [0.5, 0.6) is 0 Å². The predicted molar refractivity (Wildman–Crippen MR) is 72.6 cm³/mol. The highest BCUT2D eigenvalue weighted by atomic mass is 15.0. The van der Waals surface area contributed by atoms with E-state index >= 15 is 0 Å². The maximum atomic E-state index is 4.84. The van der Waals surface area contributed by atoms with Crippen LogP contribution in [0.4, 0.5) is 0 Å². The molecule has 0 amide bonds. The Balaban J connectivity index is 1.86. The molecule has 19 heavy (non-hydrogen) atoms. The summed E-state index contributed by atoms with van der Waals surface area (Å²) in [6, 6.07) is 3.97. The van der Waals surface area contributed by atoms with Gasteiger partial charge in [0.05, 0.1) is 11.4 Å². The third-order valence-corrected chi connectivity index (χ3v) is 3.87. The van der Waals surface area contributed by atoms with Gasteiger partial charge in [0.1, 0.15) is 0 Å². The molecule has 1 aliphatic carbocycles. The zero-order valence-electron chi connectivity index (χ0n) is 10.8. The molecule has 0 saturated heterocycles. The first-order chi connectivity index (χ1) is 9.42. The van der Waals surface area contributed by atoms with Gasteiger partial charge in [-0.2, -0.15) is 0 Å². The van der Waals surface area contributed by atoms with E-state index in [1.807, 2.05) is 12.1 Å². The van der Waals surface area contributed by atoms with Crippen LogP contribution in [0.1, 0.15) is 35.7 Å². The van der Waals surface area contributed by atoms with Gasteiger partial charge in [0.25, 0.3) is 0 Å². The molecule has 0 radical (unpaired) electrons. The van der Waals surface area contributed by atoms with E-state index in [0.29, 0.717) is 5.92 Å². The first-order valence-electron chi connectivity index (χ1n) is 6.92. The molecule has 0 atom stereocenters. The lowest BCUT2D eigenvalue weighted by Crippen LogP contribution is -2.26. The van der Waals surface area contributed by atoms with E-state index in [9.17, 15) is 0 Å². The van der Waals surface area contributed by atoms with Crippen molar-refractivity contribution < 1.29 is 0 Å². The number of fused-ring (bicyclic) bond motifs is 1. The number of pyridine rings is 1. The van der Waals surface area contributed by atoms with Crippen molar-refractivity contribution in [1.29, 1.82) is 0 Å². The van der Waals surface area contributed by atoms with Crippen molar-refractivity contribution >= 4 is 0 Å². The van der Waals surface area contributed by atoms with E-state index in [-0.39, 0.29) is 0 Å². The third kappa shape index (κ3) is 2.02. The fraction of sp³-hybridized carbons (Fsp3) is 0.400. The second kappa shape index (κ2) is 4.38. The lowest BCUT2D eigenvalue weighted by molar-refractivity contribution is 0.617. The molecule has 0 spiro atoms. The zero-order chi connectivity index (χ0) is 12.7. The summed E-state index contributed by atoms with van der Waals surface area (Å²) in [4.78, 5) is 13.7. The largest absolute Gasteiger partial charge is 0.312 e. The van der Waals surface area contributed by atoms with Crippen molar-refractivity contribution in [3.8, 4) is 11.4 Å². The molecule has 4 nitrogen and oxygen atoms in total. The number of hydrogen-bond donors (Lipinski definition) is 1. The Morgan fingerprint density at radius 1 is 1.11 bits per heavy atom. The Morgan fingerprint density at radius 2 is 1.95 bits per heavy atom. The van der Waals surface area contributed by atoms with Crippen LogP contribution in [0, 0.1) is 0 Å². The molecule has 1 saturated carbocycles. The van der Waals surface area contributed by atoms with Crippen molar-refractivity contribution in [2.75, 3.05) is 6.54 Å². The molecule has 1 N–H and O–H groups in total. The van der Waals surface area contributed by atoms with E-state index in [1.165, 1.54) is 29.8 Å². The van der Waals surface area contributed by atoms with Crippen LogP contribution >= 0.6 is 0 Å². The summed E-state index contributed by atoms with van der Waals surface area (Å²) in [7, 11) is 0. The lowest BCUT2D eigenvalue weighted by atomic mass is 10.0. The Labute approximate surface area is 112 Å². The fourth-order valence-corrected chi connectivity index (χ4v) is 2.69. The van der Waals surface area contributed by atoms with E-state index in [4.69, 9.17) is 9.97 Å². The Morgan fingerprint density at radius 3 is 2.74 bits per heavy atom. The average Bonchev–Trinajstić information content (AvgIpc) is 3.32. The standard InChI is InChI=1S/C15H16N4/c1-2-10(1)14-12-9-17-8-5-13(12)18-15(19-14)11-3-6-16-7-4-11/h3-4,6-7,10,17H,1-2,5,8-9H2. The van der Waals surface area contributed by atoms with Crippen molar-refractivity contribution in [3.63, 3.8) is 0 Å². The van der Waals surface area contributed by atoms with Crippen LogP contribution in [0.15, 0.2) is 24.5 Å². The monoisotopic (exact) mass is 252 g/mol. The van der Waals surface area contributed by atoms with E-state index in [2.05, 4.69) is 10.3 Å². The van der Waals surface area contributed by atoms with Gasteiger partial charge in [-0.3, -0.25) is 4.98 Å². The summed E-state index contributed by atoms with van der Waals surface area (Å²) in [6.07, 6.45) is 7.17. The third-order valence-electron chi connectivity index (χ3n) is 3.87. The summed E-state index contributed by atoms with van der Waals surface area (Å²) >= 11 is 0. The van der Waals surface area contributed by atoms with Gasteiger partial charge in [-0.15, -0.1) is 0 Å². The molecule has 2 aromatic rings. The summed E-state index contributed by atoms with van der Waals surface area (Å²) in [5, 5.41) is 3.43. The molecule has 4 rings (SSSR count). The maximum Gasteiger partial charge on any atom is 0.159 e. The predicted octanol–water partition coefficient (Wildman–Crippen LogP) is 2.06. The normalized spacial score (nSPS) is 18.1. The number of nitrogens with zero attached hydrogens (tertiary/aromatic N) is 3. The molecular weight excluding hydrogens is 236 g/mol. The van der Waals surface area contributed by atoms with Gasteiger partial charge in [-0.1, -0.05) is 0 Å². The number of nitrogens with one attached hydrogen (secondary N) is 1. The van der Waals surface area contributed by atoms with Crippen molar-refractivity contribution in [2.24, 2.45) is 0 Å². The molecule has 4 heteroatoms. The first kappa shape index (κ1) is 11.1. The molecule has 2 aromatic heterocycles. The second-order valence-corrected chi connectivity index (χ2v) is 5.29. The van der Waals surface area contributed by atoms with Gasteiger partial charge < -0.3 is 5.32 Å². The molecule has 0 bridgehead atoms. The van der Waals surface area contributed by atoms with Gasteiger partial charge in [-0.05, 0) is 25.0 Å². The van der Waals surface area contributed by atoms with Gasteiger partial charge in [0.2, 0.25) is 0 Å². The highest BCUT2D eigenvalue weighted by Gasteiger charge is 2.30. The highest BCUT2D eigenvalue weighted by molar-refractivity contribution is 5.55. The molecule has 0 unspecified atom stereocenters. The highest BCUT2D eigenvalue weighted by Crippen LogP contribution is 2.42. The Kier molecular flexibility index (Phi) is 2.55. The van der Waals surface area contributed by atoms with Crippen LogP contribution in [-0.4, -0.2) is 21.5 Å². The lowest BCUT2D eigenvalue weighted by Gasteiger charge is -2.20. The van der Waals surface area contributed by atoms with Crippen LogP contribution in [0.3, 0.4) is 0 Å². The SMILES string of the molecule is c1cc(-c2nc3c(c(C4CC4)n2)CNCC3)ccn1. The number of rotatable bonds is 2. The van der Waals surface area contributed by atoms with E-state index in [0.717, 1.165) is 30.9 Å². The Bertz CT molecular complexity index is 605. The molecule has 2 aliphatic rings. The number of hydrogen-bond acceptors (Lipinski definition) is 4. The van der Waals surface area contributed by atoms with E-state index in [1.54, 1.807) is 12.4 Å². The molecular formula is C15H16N4. The minimum atomic E-state index is 0.664. The van der Waals surface area contributed by atoms with Gasteiger partial charge in [0, 0.05) is 48.9 Å². The molecule has 0 aromatic carbocycles. The van der Waals surface area contributed by atoms with Crippen molar-refractivity contribution in [1.82, 2.24) is 20.3 Å². The van der Waals surface area contributed by atoms with Crippen LogP contribution < -0.4 is 5.32 Å². The minimum absolute atomic E-state index is 0.664. The van der Waals surface area contributed by atoms with Gasteiger partial charge in [0.15, 0.2) is 5.82 Å². The van der Waals surface area contributed by atoms with Gasteiger partial charge in [-0.25, -0.2) is 9.97 Å².